The Bertz CT molecular complexity index is 960. The van der Waals surface area contributed by atoms with Crippen LogP contribution in [0.25, 0.3) is 10.2 Å². The molecule has 0 atom stereocenters. The van der Waals surface area contributed by atoms with Crippen LogP contribution in [0.5, 0.6) is 11.5 Å². The number of benzene rings is 2. The van der Waals surface area contributed by atoms with Gasteiger partial charge in [0.1, 0.15) is 0 Å². The fraction of sp³-hybridized carbons (Fsp3) is 0.125. The van der Waals surface area contributed by atoms with Crippen LogP contribution in [0.2, 0.25) is 0 Å². The fourth-order valence-corrected chi connectivity index (χ4v) is 3.58. The number of methoxy groups -OCH3 is 1. The van der Waals surface area contributed by atoms with Crippen molar-refractivity contribution in [2.45, 2.75) is 0 Å². The Balaban J connectivity index is 1.96. The first kappa shape index (κ1) is 15.8. The van der Waals surface area contributed by atoms with E-state index in [0.29, 0.717) is 10.2 Å². The zero-order chi connectivity index (χ0) is 16.4. The minimum absolute atomic E-state index is 0.0671. The number of hydrogen-bond donors (Lipinski definition) is 1. The lowest BCUT2D eigenvalue weighted by molar-refractivity contribution is 0.372. The molecule has 0 fully saturated rings. The standard InChI is InChI=1S/C16H14BrN3O2S/c1-20-12-5-3-4-6-14(12)23-16(20)19-18-9-10-7-11(17)15(21)13(8-10)22-2/h3-9,21H,1-2H3/b18-9-,19-16+. The minimum atomic E-state index is 0.0671. The molecule has 0 bridgehead atoms. The molecular formula is C16H14BrN3O2S. The van der Waals surface area contributed by atoms with Crippen molar-refractivity contribution in [2.24, 2.45) is 17.3 Å². The van der Waals surface area contributed by atoms with E-state index in [1.165, 1.54) is 7.11 Å². The Morgan fingerprint density at radius 2 is 2.09 bits per heavy atom. The van der Waals surface area contributed by atoms with Gasteiger partial charge >= 0.3 is 0 Å². The summed E-state index contributed by atoms with van der Waals surface area (Å²) < 4.78 is 8.83. The highest BCUT2D eigenvalue weighted by Gasteiger charge is 2.07. The van der Waals surface area contributed by atoms with Crippen LogP contribution in [0.15, 0.2) is 51.1 Å². The van der Waals surface area contributed by atoms with Gasteiger partial charge in [0, 0.05) is 7.05 Å². The molecular weight excluding hydrogens is 378 g/mol. The van der Waals surface area contributed by atoms with Crippen molar-refractivity contribution < 1.29 is 9.84 Å². The maximum absolute atomic E-state index is 9.80. The highest BCUT2D eigenvalue weighted by molar-refractivity contribution is 9.10. The molecule has 5 nitrogen and oxygen atoms in total. The van der Waals surface area contributed by atoms with E-state index in [9.17, 15) is 5.11 Å². The topological polar surface area (TPSA) is 59.1 Å². The lowest BCUT2D eigenvalue weighted by atomic mass is 10.2. The highest BCUT2D eigenvalue weighted by Crippen LogP contribution is 2.34. The molecule has 0 saturated heterocycles. The normalized spacial score (nSPS) is 12.4. The number of para-hydroxylation sites is 1. The number of aromatic nitrogens is 1. The molecule has 7 heteroatoms. The summed E-state index contributed by atoms with van der Waals surface area (Å²) in [5.41, 5.74) is 1.90. The number of halogens is 1. The minimum Gasteiger partial charge on any atom is -0.503 e. The number of thiazole rings is 1. The van der Waals surface area contributed by atoms with E-state index in [1.807, 2.05) is 23.7 Å². The molecule has 0 aliphatic carbocycles. The van der Waals surface area contributed by atoms with Crippen molar-refractivity contribution in [1.82, 2.24) is 4.57 Å². The average molecular weight is 392 g/mol. The Labute approximate surface area is 145 Å². The van der Waals surface area contributed by atoms with Crippen molar-refractivity contribution in [3.8, 4) is 11.5 Å². The van der Waals surface area contributed by atoms with E-state index < -0.39 is 0 Å². The summed E-state index contributed by atoms with van der Waals surface area (Å²) in [6.07, 6.45) is 1.62. The second-order valence-corrected chi connectivity index (χ2v) is 6.67. The molecule has 0 radical (unpaired) electrons. The van der Waals surface area contributed by atoms with Crippen molar-refractivity contribution >= 4 is 43.7 Å². The number of rotatable bonds is 3. The molecule has 118 valence electrons. The van der Waals surface area contributed by atoms with Crippen LogP contribution in [-0.2, 0) is 7.05 Å². The molecule has 3 rings (SSSR count). The van der Waals surface area contributed by atoms with Gasteiger partial charge in [-0.2, -0.15) is 5.10 Å². The summed E-state index contributed by atoms with van der Waals surface area (Å²) in [7, 11) is 3.47. The van der Waals surface area contributed by atoms with E-state index in [1.54, 1.807) is 29.7 Å². The first-order chi connectivity index (χ1) is 11.1. The SMILES string of the molecule is COc1cc(/C=N\N=c2\sc3ccccc3n2C)cc(Br)c1O. The van der Waals surface area contributed by atoms with Crippen LogP contribution >= 0.6 is 27.3 Å². The van der Waals surface area contributed by atoms with Gasteiger partial charge in [-0.05, 0) is 45.8 Å². The number of phenols is 1. The van der Waals surface area contributed by atoms with Crippen molar-refractivity contribution in [1.29, 1.82) is 0 Å². The zero-order valence-electron chi connectivity index (χ0n) is 12.5. The van der Waals surface area contributed by atoms with Crippen LogP contribution in [0.4, 0.5) is 0 Å². The summed E-state index contributed by atoms with van der Waals surface area (Å²) in [6, 6.07) is 11.6. The molecule has 0 amide bonds. The third kappa shape index (κ3) is 3.16. The molecule has 1 aromatic heterocycles. The number of fused-ring (bicyclic) bond motifs is 1. The number of hydrogen-bond acceptors (Lipinski definition) is 5. The zero-order valence-corrected chi connectivity index (χ0v) is 14.9. The van der Waals surface area contributed by atoms with Crippen LogP contribution in [0, 0.1) is 0 Å². The van der Waals surface area contributed by atoms with Gasteiger partial charge in [0.05, 0.1) is 28.0 Å². The molecule has 1 N–H and O–H groups in total. The van der Waals surface area contributed by atoms with Gasteiger partial charge in [-0.25, -0.2) is 0 Å². The summed E-state index contributed by atoms with van der Waals surface area (Å²) in [5.74, 6) is 0.450. The maximum Gasteiger partial charge on any atom is 0.211 e. The number of aryl methyl sites for hydroxylation is 1. The molecule has 2 aromatic carbocycles. The lowest BCUT2D eigenvalue weighted by Gasteiger charge is -2.05. The van der Waals surface area contributed by atoms with Crippen LogP contribution < -0.4 is 9.54 Å². The quantitative estimate of drug-likeness (QED) is 0.547. The third-order valence-corrected chi connectivity index (χ3v) is 5.04. The van der Waals surface area contributed by atoms with E-state index in [2.05, 4.69) is 38.3 Å². The van der Waals surface area contributed by atoms with Crippen molar-refractivity contribution in [3.63, 3.8) is 0 Å². The largest absolute Gasteiger partial charge is 0.503 e. The number of phenolic OH excluding ortho intramolecular Hbond substituents is 1. The predicted octanol–water partition coefficient (Wildman–Crippen LogP) is 3.65. The van der Waals surface area contributed by atoms with E-state index in [4.69, 9.17) is 4.74 Å². The molecule has 1 heterocycles. The molecule has 0 spiro atoms. The molecule has 0 unspecified atom stereocenters. The Morgan fingerprint density at radius 1 is 1.30 bits per heavy atom. The smallest absolute Gasteiger partial charge is 0.211 e. The highest BCUT2D eigenvalue weighted by atomic mass is 79.9. The molecule has 0 saturated carbocycles. The van der Waals surface area contributed by atoms with Crippen molar-refractivity contribution in [3.05, 3.63) is 51.2 Å². The molecule has 23 heavy (non-hydrogen) atoms. The number of aromatic hydroxyl groups is 1. The van der Waals surface area contributed by atoms with E-state index in [-0.39, 0.29) is 5.75 Å². The summed E-state index contributed by atoms with van der Waals surface area (Å²) in [6.45, 7) is 0. The maximum atomic E-state index is 9.80. The summed E-state index contributed by atoms with van der Waals surface area (Å²) >= 11 is 4.87. The van der Waals surface area contributed by atoms with Gasteiger partial charge in [-0.1, -0.05) is 23.5 Å². The third-order valence-electron chi connectivity index (χ3n) is 3.34. The monoisotopic (exact) mass is 391 g/mol. The number of ether oxygens (including phenoxy) is 1. The van der Waals surface area contributed by atoms with Gasteiger partial charge in [-0.3, -0.25) is 0 Å². The number of nitrogens with zero attached hydrogens (tertiary/aromatic N) is 3. The summed E-state index contributed by atoms with van der Waals surface area (Å²) in [4.78, 5) is 0.812. The Morgan fingerprint density at radius 3 is 2.83 bits per heavy atom. The van der Waals surface area contributed by atoms with Crippen LogP contribution in [-0.4, -0.2) is 23.0 Å². The van der Waals surface area contributed by atoms with Gasteiger partial charge in [-0.15, -0.1) is 5.10 Å². The lowest BCUT2D eigenvalue weighted by Crippen LogP contribution is -2.08. The van der Waals surface area contributed by atoms with Crippen molar-refractivity contribution in [2.75, 3.05) is 7.11 Å². The fourth-order valence-electron chi connectivity index (χ4n) is 2.15. The Kier molecular flexibility index (Phi) is 4.49. The first-order valence-electron chi connectivity index (χ1n) is 6.78. The van der Waals surface area contributed by atoms with Crippen LogP contribution in [0.3, 0.4) is 0 Å². The van der Waals surface area contributed by atoms with Crippen LogP contribution in [0.1, 0.15) is 5.56 Å². The molecule has 3 aromatic rings. The second-order valence-electron chi connectivity index (χ2n) is 4.81. The van der Waals surface area contributed by atoms with Gasteiger partial charge in [0.25, 0.3) is 0 Å². The van der Waals surface area contributed by atoms with Gasteiger partial charge in [0.15, 0.2) is 11.5 Å². The van der Waals surface area contributed by atoms with E-state index in [0.717, 1.165) is 20.6 Å². The van der Waals surface area contributed by atoms with E-state index >= 15 is 0 Å². The van der Waals surface area contributed by atoms with Gasteiger partial charge < -0.3 is 14.4 Å². The molecule has 0 aliphatic rings. The van der Waals surface area contributed by atoms with Gasteiger partial charge in [0.2, 0.25) is 4.80 Å². The second kappa shape index (κ2) is 6.55. The summed E-state index contributed by atoms with van der Waals surface area (Å²) in [5, 5.41) is 18.2. The first-order valence-corrected chi connectivity index (χ1v) is 8.39. The molecule has 0 aliphatic heterocycles. The Hall–Kier alpha value is -2.12. The predicted molar refractivity (Wildman–Crippen MR) is 96.3 cm³/mol. The average Bonchev–Trinajstić information content (AvgIpc) is 2.87.